The van der Waals surface area contributed by atoms with Crippen LogP contribution in [0, 0.1) is 0 Å². The van der Waals surface area contributed by atoms with Crippen LogP contribution in [-0.4, -0.2) is 25.2 Å². The van der Waals surface area contributed by atoms with Crippen LogP contribution in [0.4, 0.5) is 5.69 Å². The smallest absolute Gasteiger partial charge is 0.0398 e. The quantitative estimate of drug-likeness (QED) is 0.893. The minimum atomic E-state index is 0.626. The highest BCUT2D eigenvalue weighted by Crippen LogP contribution is 2.23. The van der Waals surface area contributed by atoms with Gasteiger partial charge >= 0.3 is 0 Å². The molecule has 2 rings (SSSR count). The van der Waals surface area contributed by atoms with Crippen LogP contribution in [0.3, 0.4) is 0 Å². The number of para-hydroxylation sites is 1. The number of hydrogen-bond acceptors (Lipinski definition) is 2. The summed E-state index contributed by atoms with van der Waals surface area (Å²) in [7, 11) is 0. The molecule has 1 N–H and O–H groups in total. The van der Waals surface area contributed by atoms with Crippen molar-refractivity contribution in [2.75, 3.05) is 18.0 Å². The molecule has 2 unspecified atom stereocenters. The molecular formula is C17H28N2. The Morgan fingerprint density at radius 3 is 2.63 bits per heavy atom. The highest BCUT2D eigenvalue weighted by Gasteiger charge is 2.18. The van der Waals surface area contributed by atoms with Gasteiger partial charge in [-0.2, -0.15) is 0 Å². The van der Waals surface area contributed by atoms with Gasteiger partial charge in [-0.15, -0.1) is 0 Å². The first-order valence-electron chi connectivity index (χ1n) is 7.83. The molecule has 2 heteroatoms. The van der Waals surface area contributed by atoms with Gasteiger partial charge < -0.3 is 10.2 Å². The Hall–Kier alpha value is -1.02. The number of anilines is 1. The van der Waals surface area contributed by atoms with E-state index in [4.69, 9.17) is 0 Å². The average molecular weight is 260 g/mol. The molecule has 0 aliphatic carbocycles. The Balaban J connectivity index is 2.14. The van der Waals surface area contributed by atoms with Crippen molar-refractivity contribution >= 4 is 5.69 Å². The second-order valence-corrected chi connectivity index (χ2v) is 5.72. The lowest BCUT2D eigenvalue weighted by Crippen LogP contribution is -2.44. The first-order valence-corrected chi connectivity index (χ1v) is 7.83. The number of aryl methyl sites for hydroxylation is 1. The molecule has 1 aliphatic rings. The Morgan fingerprint density at radius 2 is 1.89 bits per heavy atom. The number of rotatable bonds is 3. The molecule has 1 aliphatic heterocycles. The normalized spacial score (nSPS) is 24.9. The lowest BCUT2D eigenvalue weighted by Gasteiger charge is -2.34. The number of nitrogens with one attached hydrogen (secondary N) is 1. The molecule has 1 aromatic rings. The average Bonchev–Trinajstić information content (AvgIpc) is 2.43. The zero-order valence-corrected chi connectivity index (χ0v) is 12.7. The third-order valence-corrected chi connectivity index (χ3v) is 4.31. The highest BCUT2D eigenvalue weighted by molar-refractivity contribution is 5.53. The summed E-state index contributed by atoms with van der Waals surface area (Å²) >= 11 is 0. The van der Waals surface area contributed by atoms with Crippen molar-refractivity contribution in [1.29, 1.82) is 0 Å². The van der Waals surface area contributed by atoms with E-state index in [9.17, 15) is 0 Å². The van der Waals surface area contributed by atoms with E-state index in [1.807, 2.05) is 0 Å². The second kappa shape index (κ2) is 6.95. The van der Waals surface area contributed by atoms with Crippen molar-refractivity contribution in [3.63, 3.8) is 0 Å². The van der Waals surface area contributed by atoms with Crippen molar-refractivity contribution in [1.82, 2.24) is 5.32 Å². The molecular weight excluding hydrogens is 232 g/mol. The third-order valence-electron chi connectivity index (χ3n) is 4.31. The lowest BCUT2D eigenvalue weighted by atomic mass is 10.0. The number of hydrogen-bond donors (Lipinski definition) is 1. The summed E-state index contributed by atoms with van der Waals surface area (Å²) in [6.45, 7) is 9.20. The van der Waals surface area contributed by atoms with Crippen LogP contribution in [0.2, 0.25) is 0 Å². The van der Waals surface area contributed by atoms with Crippen LogP contribution in [0.5, 0.6) is 0 Å². The molecule has 19 heavy (non-hydrogen) atoms. The zero-order valence-electron chi connectivity index (χ0n) is 12.7. The van der Waals surface area contributed by atoms with Gasteiger partial charge in [-0.05, 0) is 44.2 Å². The van der Waals surface area contributed by atoms with Crippen LogP contribution in [0.15, 0.2) is 24.3 Å². The van der Waals surface area contributed by atoms with E-state index in [0.717, 1.165) is 6.42 Å². The molecule has 0 bridgehead atoms. The summed E-state index contributed by atoms with van der Waals surface area (Å²) in [5.74, 6) is 0. The molecule has 2 atom stereocenters. The van der Waals surface area contributed by atoms with Gasteiger partial charge in [-0.3, -0.25) is 0 Å². The summed E-state index contributed by atoms with van der Waals surface area (Å²) in [6.07, 6.45) is 4.83. The second-order valence-electron chi connectivity index (χ2n) is 5.72. The van der Waals surface area contributed by atoms with Gasteiger partial charge in [0.2, 0.25) is 0 Å². The Kier molecular flexibility index (Phi) is 5.26. The molecule has 0 saturated carbocycles. The van der Waals surface area contributed by atoms with Crippen LogP contribution in [0.25, 0.3) is 0 Å². The summed E-state index contributed by atoms with van der Waals surface area (Å²) < 4.78 is 0. The van der Waals surface area contributed by atoms with E-state index in [1.54, 1.807) is 0 Å². The maximum atomic E-state index is 3.74. The van der Waals surface area contributed by atoms with E-state index in [1.165, 1.54) is 43.6 Å². The Bertz CT molecular complexity index is 389. The van der Waals surface area contributed by atoms with E-state index in [2.05, 4.69) is 55.3 Å². The van der Waals surface area contributed by atoms with Crippen LogP contribution in [0.1, 0.15) is 45.6 Å². The summed E-state index contributed by atoms with van der Waals surface area (Å²) in [6, 6.07) is 10.2. The van der Waals surface area contributed by atoms with Gasteiger partial charge in [0.15, 0.2) is 0 Å². The molecule has 1 heterocycles. The van der Waals surface area contributed by atoms with Gasteiger partial charge in [0.05, 0.1) is 0 Å². The predicted octanol–water partition coefficient (Wildman–Crippen LogP) is 3.61. The fourth-order valence-corrected chi connectivity index (χ4v) is 3.02. The maximum Gasteiger partial charge on any atom is 0.0398 e. The first kappa shape index (κ1) is 14.4. The van der Waals surface area contributed by atoms with E-state index in [0.29, 0.717) is 12.1 Å². The predicted molar refractivity (Wildman–Crippen MR) is 83.9 cm³/mol. The molecule has 1 saturated heterocycles. The van der Waals surface area contributed by atoms with Crippen molar-refractivity contribution in [3.8, 4) is 0 Å². The maximum absolute atomic E-state index is 3.74. The van der Waals surface area contributed by atoms with E-state index >= 15 is 0 Å². The molecule has 0 amide bonds. The van der Waals surface area contributed by atoms with Crippen molar-refractivity contribution < 1.29 is 0 Å². The fourth-order valence-electron chi connectivity index (χ4n) is 3.02. The SMILES string of the molecule is CCc1ccccc1N1CCC(C)NC(CC)CC1. The van der Waals surface area contributed by atoms with Gasteiger partial charge in [-0.25, -0.2) is 0 Å². The van der Waals surface area contributed by atoms with Crippen LogP contribution in [-0.2, 0) is 6.42 Å². The molecule has 0 radical (unpaired) electrons. The van der Waals surface area contributed by atoms with E-state index in [-0.39, 0.29) is 0 Å². The first-order chi connectivity index (χ1) is 9.24. The van der Waals surface area contributed by atoms with Crippen LogP contribution >= 0.6 is 0 Å². The molecule has 106 valence electrons. The number of benzene rings is 1. The van der Waals surface area contributed by atoms with Crippen molar-refractivity contribution in [3.05, 3.63) is 29.8 Å². The standard InChI is InChI=1S/C17H28N2/c1-4-15-8-6-7-9-17(15)19-12-10-14(3)18-16(5-2)11-13-19/h6-9,14,16,18H,4-5,10-13H2,1-3H3. The van der Waals surface area contributed by atoms with Gasteiger partial charge in [0.25, 0.3) is 0 Å². The summed E-state index contributed by atoms with van der Waals surface area (Å²) in [4.78, 5) is 2.60. The fraction of sp³-hybridized carbons (Fsp3) is 0.647. The molecule has 2 nitrogen and oxygen atoms in total. The Labute approximate surface area is 118 Å². The van der Waals surface area contributed by atoms with Gasteiger partial charge in [-0.1, -0.05) is 32.0 Å². The summed E-state index contributed by atoms with van der Waals surface area (Å²) in [5, 5.41) is 3.74. The van der Waals surface area contributed by atoms with Gasteiger partial charge in [0.1, 0.15) is 0 Å². The minimum absolute atomic E-state index is 0.626. The highest BCUT2D eigenvalue weighted by atomic mass is 15.1. The molecule has 0 spiro atoms. The minimum Gasteiger partial charge on any atom is -0.371 e. The third kappa shape index (κ3) is 3.73. The van der Waals surface area contributed by atoms with Crippen molar-refractivity contribution in [2.24, 2.45) is 0 Å². The summed E-state index contributed by atoms with van der Waals surface area (Å²) in [5.41, 5.74) is 2.94. The molecule has 1 aromatic carbocycles. The van der Waals surface area contributed by atoms with Crippen LogP contribution < -0.4 is 10.2 Å². The largest absolute Gasteiger partial charge is 0.371 e. The monoisotopic (exact) mass is 260 g/mol. The molecule has 1 fully saturated rings. The topological polar surface area (TPSA) is 15.3 Å². The number of nitrogens with zero attached hydrogens (tertiary/aromatic N) is 1. The molecule has 0 aromatic heterocycles. The lowest BCUT2D eigenvalue weighted by molar-refractivity contribution is 0.378. The van der Waals surface area contributed by atoms with Gasteiger partial charge in [0, 0.05) is 30.9 Å². The zero-order chi connectivity index (χ0) is 13.7. The Morgan fingerprint density at radius 1 is 1.16 bits per heavy atom. The van der Waals surface area contributed by atoms with Crippen molar-refractivity contribution in [2.45, 2.75) is 58.5 Å². The van der Waals surface area contributed by atoms with E-state index < -0.39 is 0 Å².